The average molecular weight is 308 g/mol. The number of aliphatic hydroxyl groups excluding tert-OH is 1. The third kappa shape index (κ3) is 2.73. The van der Waals surface area contributed by atoms with Crippen molar-refractivity contribution in [1.29, 1.82) is 0 Å². The third-order valence-electron chi connectivity index (χ3n) is 4.59. The Hall–Kier alpha value is -2.24. The minimum atomic E-state index is 0.232. The predicted octanol–water partition coefficient (Wildman–Crippen LogP) is 2.35. The number of rotatable bonds is 4. The van der Waals surface area contributed by atoms with E-state index >= 15 is 0 Å². The van der Waals surface area contributed by atoms with Gasteiger partial charge in [-0.05, 0) is 24.9 Å². The molecule has 1 N–H and O–H groups in total. The van der Waals surface area contributed by atoms with Crippen LogP contribution >= 0.6 is 0 Å². The standard InChI is InChI=1S/C18H20N4O/c23-13-16-7-4-8-21(16)11-14-9-19-18-17(10-20-22(18)12-14)15-5-2-1-3-6-15/h1-3,5-6,9-10,12,16,23H,4,7-8,11,13H2/t16-/m0/s1. The smallest absolute Gasteiger partial charge is 0.162 e. The molecule has 0 amide bonds. The van der Waals surface area contributed by atoms with Gasteiger partial charge in [-0.3, -0.25) is 4.90 Å². The molecule has 1 fully saturated rings. The lowest BCUT2D eigenvalue weighted by Gasteiger charge is -2.22. The van der Waals surface area contributed by atoms with Gasteiger partial charge in [-0.25, -0.2) is 9.50 Å². The maximum Gasteiger partial charge on any atom is 0.162 e. The van der Waals surface area contributed by atoms with Crippen LogP contribution in [0.2, 0.25) is 0 Å². The van der Waals surface area contributed by atoms with E-state index in [9.17, 15) is 5.11 Å². The van der Waals surface area contributed by atoms with Crippen molar-refractivity contribution in [2.24, 2.45) is 0 Å². The van der Waals surface area contributed by atoms with Crippen LogP contribution in [0.3, 0.4) is 0 Å². The maximum absolute atomic E-state index is 9.44. The minimum Gasteiger partial charge on any atom is -0.395 e. The van der Waals surface area contributed by atoms with Gasteiger partial charge in [0, 0.05) is 36.1 Å². The lowest BCUT2D eigenvalue weighted by Crippen LogP contribution is -2.31. The van der Waals surface area contributed by atoms with Gasteiger partial charge in [-0.1, -0.05) is 30.3 Å². The van der Waals surface area contributed by atoms with Gasteiger partial charge in [-0.15, -0.1) is 0 Å². The topological polar surface area (TPSA) is 53.7 Å². The van der Waals surface area contributed by atoms with Gasteiger partial charge in [0.1, 0.15) is 0 Å². The normalized spacial score (nSPS) is 18.7. The van der Waals surface area contributed by atoms with Crippen LogP contribution in [-0.2, 0) is 6.54 Å². The molecule has 0 unspecified atom stereocenters. The summed E-state index contributed by atoms with van der Waals surface area (Å²) in [6.45, 7) is 2.09. The van der Waals surface area contributed by atoms with Crippen LogP contribution in [0.25, 0.3) is 16.8 Å². The molecule has 1 aliphatic rings. The van der Waals surface area contributed by atoms with Crippen LogP contribution in [0.1, 0.15) is 18.4 Å². The molecule has 0 saturated carbocycles. The molecule has 118 valence electrons. The Morgan fingerprint density at radius 2 is 2.04 bits per heavy atom. The van der Waals surface area contributed by atoms with Gasteiger partial charge < -0.3 is 5.11 Å². The van der Waals surface area contributed by atoms with Gasteiger partial charge in [0.2, 0.25) is 0 Å². The highest BCUT2D eigenvalue weighted by Gasteiger charge is 2.23. The van der Waals surface area contributed by atoms with E-state index in [4.69, 9.17) is 0 Å². The van der Waals surface area contributed by atoms with Gasteiger partial charge in [0.15, 0.2) is 5.65 Å². The number of hydrogen-bond donors (Lipinski definition) is 1. The number of nitrogens with zero attached hydrogens (tertiary/aromatic N) is 4. The van der Waals surface area contributed by atoms with E-state index < -0.39 is 0 Å². The quantitative estimate of drug-likeness (QED) is 0.804. The maximum atomic E-state index is 9.44. The second kappa shape index (κ2) is 6.10. The van der Waals surface area contributed by atoms with E-state index in [0.717, 1.165) is 48.3 Å². The van der Waals surface area contributed by atoms with E-state index in [1.807, 2.05) is 41.3 Å². The SMILES string of the molecule is OC[C@@H]1CCCN1Cc1cnc2c(-c3ccccc3)cnn2c1. The van der Waals surface area contributed by atoms with Crippen molar-refractivity contribution >= 4 is 5.65 Å². The first kappa shape index (κ1) is 14.4. The summed E-state index contributed by atoms with van der Waals surface area (Å²) in [7, 11) is 0. The van der Waals surface area contributed by atoms with Crippen molar-refractivity contribution in [3.05, 3.63) is 54.5 Å². The van der Waals surface area contributed by atoms with Gasteiger partial charge in [0.25, 0.3) is 0 Å². The number of aromatic nitrogens is 3. The fraction of sp³-hybridized carbons (Fsp3) is 0.333. The molecule has 23 heavy (non-hydrogen) atoms. The Morgan fingerprint density at radius 1 is 1.17 bits per heavy atom. The first-order chi connectivity index (χ1) is 11.3. The van der Waals surface area contributed by atoms with Crippen molar-refractivity contribution in [3.63, 3.8) is 0 Å². The summed E-state index contributed by atoms with van der Waals surface area (Å²) in [5, 5.41) is 13.9. The lowest BCUT2D eigenvalue weighted by atomic mass is 10.1. The zero-order chi connectivity index (χ0) is 15.6. The fourth-order valence-corrected chi connectivity index (χ4v) is 3.36. The number of likely N-dealkylation sites (tertiary alicyclic amines) is 1. The molecule has 0 spiro atoms. The van der Waals surface area contributed by atoms with Crippen LogP contribution in [-0.4, -0.2) is 43.8 Å². The molecule has 0 bridgehead atoms. The van der Waals surface area contributed by atoms with E-state index in [2.05, 4.69) is 27.1 Å². The number of aliphatic hydroxyl groups is 1. The summed E-state index contributed by atoms with van der Waals surface area (Å²) in [5.74, 6) is 0. The summed E-state index contributed by atoms with van der Waals surface area (Å²) in [6, 6.07) is 10.5. The molecule has 1 aliphatic heterocycles. The molecule has 1 atom stereocenters. The highest BCUT2D eigenvalue weighted by atomic mass is 16.3. The van der Waals surface area contributed by atoms with Crippen molar-refractivity contribution in [3.8, 4) is 11.1 Å². The summed E-state index contributed by atoms with van der Waals surface area (Å²) in [6.07, 6.45) is 8.07. The van der Waals surface area contributed by atoms with Crippen molar-refractivity contribution in [1.82, 2.24) is 19.5 Å². The Balaban J connectivity index is 1.62. The van der Waals surface area contributed by atoms with E-state index in [1.165, 1.54) is 0 Å². The molecule has 4 rings (SSSR count). The average Bonchev–Trinajstić information content (AvgIpc) is 3.21. The molecule has 5 nitrogen and oxygen atoms in total. The van der Waals surface area contributed by atoms with Gasteiger partial charge >= 0.3 is 0 Å². The first-order valence-corrected chi connectivity index (χ1v) is 8.08. The largest absolute Gasteiger partial charge is 0.395 e. The van der Waals surface area contributed by atoms with E-state index in [1.54, 1.807) is 0 Å². The van der Waals surface area contributed by atoms with Crippen LogP contribution in [0, 0.1) is 0 Å². The van der Waals surface area contributed by atoms with Crippen LogP contribution < -0.4 is 0 Å². The van der Waals surface area contributed by atoms with Crippen LogP contribution in [0.4, 0.5) is 0 Å². The monoisotopic (exact) mass is 308 g/mol. The molecular formula is C18H20N4O. The Labute approximate surface area is 135 Å². The zero-order valence-corrected chi connectivity index (χ0v) is 13.0. The van der Waals surface area contributed by atoms with Gasteiger partial charge in [0.05, 0.1) is 12.8 Å². The number of hydrogen-bond acceptors (Lipinski definition) is 4. The minimum absolute atomic E-state index is 0.232. The van der Waals surface area contributed by atoms with Crippen molar-refractivity contribution in [2.75, 3.05) is 13.2 Å². The number of fused-ring (bicyclic) bond motifs is 1. The Morgan fingerprint density at radius 3 is 2.87 bits per heavy atom. The Kier molecular flexibility index (Phi) is 3.81. The summed E-state index contributed by atoms with van der Waals surface area (Å²) >= 11 is 0. The molecule has 3 heterocycles. The van der Waals surface area contributed by atoms with Gasteiger partial charge in [-0.2, -0.15) is 5.10 Å². The second-order valence-electron chi connectivity index (χ2n) is 6.10. The van der Waals surface area contributed by atoms with Crippen LogP contribution in [0.5, 0.6) is 0 Å². The molecule has 0 aliphatic carbocycles. The number of benzene rings is 1. The van der Waals surface area contributed by atoms with E-state index in [-0.39, 0.29) is 12.6 Å². The second-order valence-corrected chi connectivity index (χ2v) is 6.10. The van der Waals surface area contributed by atoms with Crippen molar-refractivity contribution in [2.45, 2.75) is 25.4 Å². The fourth-order valence-electron chi connectivity index (χ4n) is 3.36. The third-order valence-corrected chi connectivity index (χ3v) is 4.59. The molecule has 1 aromatic carbocycles. The molecule has 5 heteroatoms. The zero-order valence-electron chi connectivity index (χ0n) is 13.0. The summed E-state index contributed by atoms with van der Waals surface area (Å²) in [4.78, 5) is 6.95. The molecular weight excluding hydrogens is 288 g/mol. The van der Waals surface area contributed by atoms with E-state index in [0.29, 0.717) is 0 Å². The highest BCUT2D eigenvalue weighted by molar-refractivity contribution is 5.76. The molecule has 1 saturated heterocycles. The lowest BCUT2D eigenvalue weighted by molar-refractivity contribution is 0.153. The highest BCUT2D eigenvalue weighted by Crippen LogP contribution is 2.24. The van der Waals surface area contributed by atoms with Crippen LogP contribution in [0.15, 0.2) is 48.9 Å². The summed E-state index contributed by atoms with van der Waals surface area (Å²) in [5.41, 5.74) is 4.18. The van der Waals surface area contributed by atoms with Crippen molar-refractivity contribution < 1.29 is 5.11 Å². The molecule has 3 aromatic rings. The Bertz CT molecular complexity index is 799. The predicted molar refractivity (Wildman–Crippen MR) is 88.9 cm³/mol. The summed E-state index contributed by atoms with van der Waals surface area (Å²) < 4.78 is 1.85. The first-order valence-electron chi connectivity index (χ1n) is 8.08. The molecule has 0 radical (unpaired) electrons. The molecule has 2 aromatic heterocycles.